The highest BCUT2D eigenvalue weighted by atomic mass is 16.2. The largest absolute Gasteiger partial charge is 0.352 e. The monoisotopic (exact) mass is 317 g/mol. The standard InChI is InChI=1S/C18H27N3O2/c1-3-16(4-2)19-17(22)14-20-10-12-21(13-11-20)18(23)15-8-6-5-7-9-15/h5-9,16H,3-4,10-14H2,1-2H3,(H,19,22). The summed E-state index contributed by atoms with van der Waals surface area (Å²) in [4.78, 5) is 28.4. The Bertz CT molecular complexity index is 506. The molecule has 126 valence electrons. The van der Waals surface area contributed by atoms with Crippen LogP contribution < -0.4 is 5.32 Å². The van der Waals surface area contributed by atoms with Crippen LogP contribution in [0.5, 0.6) is 0 Å². The number of hydrogen-bond donors (Lipinski definition) is 1. The van der Waals surface area contributed by atoms with E-state index in [0.29, 0.717) is 19.6 Å². The van der Waals surface area contributed by atoms with Gasteiger partial charge in [-0.1, -0.05) is 32.0 Å². The first kappa shape index (κ1) is 17.5. The molecule has 0 atom stereocenters. The van der Waals surface area contributed by atoms with E-state index in [4.69, 9.17) is 0 Å². The number of amides is 2. The van der Waals surface area contributed by atoms with Gasteiger partial charge in [-0.05, 0) is 25.0 Å². The molecule has 0 unspecified atom stereocenters. The Balaban J connectivity index is 1.78. The number of carbonyl (C=O) groups is 2. The average molecular weight is 317 g/mol. The minimum atomic E-state index is 0.0757. The van der Waals surface area contributed by atoms with Crippen LogP contribution in [0.4, 0.5) is 0 Å². The number of hydrogen-bond acceptors (Lipinski definition) is 3. The van der Waals surface area contributed by atoms with E-state index < -0.39 is 0 Å². The lowest BCUT2D eigenvalue weighted by molar-refractivity contribution is -0.123. The molecule has 0 saturated carbocycles. The first-order chi connectivity index (χ1) is 11.1. The number of nitrogens with one attached hydrogen (secondary N) is 1. The number of piperazine rings is 1. The van der Waals surface area contributed by atoms with Gasteiger partial charge < -0.3 is 10.2 Å². The lowest BCUT2D eigenvalue weighted by atomic mass is 10.1. The van der Waals surface area contributed by atoms with Crippen LogP contribution in [0.2, 0.25) is 0 Å². The minimum absolute atomic E-state index is 0.0757. The second-order valence-corrected chi connectivity index (χ2v) is 6.02. The van der Waals surface area contributed by atoms with E-state index >= 15 is 0 Å². The van der Waals surface area contributed by atoms with E-state index in [9.17, 15) is 9.59 Å². The zero-order valence-electron chi connectivity index (χ0n) is 14.1. The predicted molar refractivity (Wildman–Crippen MR) is 91.3 cm³/mol. The highest BCUT2D eigenvalue weighted by Crippen LogP contribution is 2.08. The van der Waals surface area contributed by atoms with Crippen LogP contribution in [-0.4, -0.2) is 60.4 Å². The fourth-order valence-electron chi connectivity index (χ4n) is 2.84. The second-order valence-electron chi connectivity index (χ2n) is 6.02. The molecule has 2 rings (SSSR count). The first-order valence-electron chi connectivity index (χ1n) is 8.50. The molecule has 1 heterocycles. The molecular weight excluding hydrogens is 290 g/mol. The Morgan fingerprint density at radius 3 is 2.22 bits per heavy atom. The Morgan fingerprint density at radius 2 is 1.65 bits per heavy atom. The summed E-state index contributed by atoms with van der Waals surface area (Å²) in [7, 11) is 0. The number of carbonyl (C=O) groups excluding carboxylic acids is 2. The van der Waals surface area contributed by atoms with Gasteiger partial charge in [0, 0.05) is 37.8 Å². The lowest BCUT2D eigenvalue weighted by Crippen LogP contribution is -2.51. The smallest absolute Gasteiger partial charge is 0.253 e. The molecule has 1 aliphatic heterocycles. The highest BCUT2D eigenvalue weighted by Gasteiger charge is 2.23. The molecule has 0 bridgehead atoms. The Hall–Kier alpha value is -1.88. The van der Waals surface area contributed by atoms with Crippen molar-refractivity contribution in [1.29, 1.82) is 0 Å². The molecule has 1 fully saturated rings. The average Bonchev–Trinajstić information content (AvgIpc) is 2.60. The highest BCUT2D eigenvalue weighted by molar-refractivity contribution is 5.94. The molecule has 0 aromatic heterocycles. The molecule has 1 aromatic rings. The Labute approximate surface area is 138 Å². The maximum absolute atomic E-state index is 12.4. The molecule has 5 nitrogen and oxygen atoms in total. The summed E-state index contributed by atoms with van der Waals surface area (Å²) in [6.45, 7) is 7.43. The van der Waals surface area contributed by atoms with E-state index in [0.717, 1.165) is 31.5 Å². The molecule has 5 heteroatoms. The fourth-order valence-corrected chi connectivity index (χ4v) is 2.84. The maximum atomic E-state index is 12.4. The molecule has 23 heavy (non-hydrogen) atoms. The van der Waals surface area contributed by atoms with E-state index in [1.807, 2.05) is 35.2 Å². The summed E-state index contributed by atoms with van der Waals surface area (Å²) in [5, 5.41) is 3.06. The summed E-state index contributed by atoms with van der Waals surface area (Å²) in [5.74, 6) is 0.160. The number of rotatable bonds is 6. The minimum Gasteiger partial charge on any atom is -0.352 e. The van der Waals surface area contributed by atoms with E-state index in [1.54, 1.807) is 0 Å². The van der Waals surface area contributed by atoms with Crippen molar-refractivity contribution in [3.63, 3.8) is 0 Å². The van der Waals surface area contributed by atoms with E-state index in [1.165, 1.54) is 0 Å². The first-order valence-corrected chi connectivity index (χ1v) is 8.50. The van der Waals surface area contributed by atoms with Gasteiger partial charge in [0.1, 0.15) is 0 Å². The summed E-state index contributed by atoms with van der Waals surface area (Å²) in [6, 6.07) is 9.63. The van der Waals surface area contributed by atoms with Crippen molar-refractivity contribution in [3.8, 4) is 0 Å². The van der Waals surface area contributed by atoms with Gasteiger partial charge in [-0.25, -0.2) is 0 Å². The molecule has 0 spiro atoms. The van der Waals surface area contributed by atoms with Crippen molar-refractivity contribution in [2.24, 2.45) is 0 Å². The zero-order valence-corrected chi connectivity index (χ0v) is 14.1. The molecule has 1 saturated heterocycles. The van der Waals surface area contributed by atoms with Crippen molar-refractivity contribution >= 4 is 11.8 Å². The van der Waals surface area contributed by atoms with Gasteiger partial charge in [-0.3, -0.25) is 14.5 Å². The molecule has 0 radical (unpaired) electrons. The van der Waals surface area contributed by atoms with E-state index in [2.05, 4.69) is 24.1 Å². The third-order valence-electron chi connectivity index (χ3n) is 4.40. The summed E-state index contributed by atoms with van der Waals surface area (Å²) in [5.41, 5.74) is 0.729. The normalized spacial score (nSPS) is 15.7. The van der Waals surface area contributed by atoms with Crippen LogP contribution in [0.15, 0.2) is 30.3 Å². The van der Waals surface area contributed by atoms with Crippen molar-refractivity contribution in [2.45, 2.75) is 32.7 Å². The van der Waals surface area contributed by atoms with Crippen LogP contribution in [0, 0.1) is 0 Å². The molecule has 2 amide bonds. The van der Waals surface area contributed by atoms with Crippen LogP contribution in [0.1, 0.15) is 37.0 Å². The summed E-state index contributed by atoms with van der Waals surface area (Å²) >= 11 is 0. The van der Waals surface area contributed by atoms with Gasteiger partial charge in [-0.15, -0.1) is 0 Å². The quantitative estimate of drug-likeness (QED) is 0.870. The van der Waals surface area contributed by atoms with Gasteiger partial charge in [0.15, 0.2) is 0 Å². The Kier molecular flexibility index (Phi) is 6.59. The molecule has 1 aliphatic rings. The molecule has 0 aliphatic carbocycles. The second kappa shape index (κ2) is 8.67. The van der Waals surface area contributed by atoms with Crippen LogP contribution in [0.25, 0.3) is 0 Å². The van der Waals surface area contributed by atoms with Gasteiger partial charge in [0.25, 0.3) is 5.91 Å². The number of nitrogens with zero attached hydrogens (tertiary/aromatic N) is 2. The third-order valence-corrected chi connectivity index (χ3v) is 4.40. The fraction of sp³-hybridized carbons (Fsp3) is 0.556. The molecular formula is C18H27N3O2. The van der Waals surface area contributed by atoms with Crippen molar-refractivity contribution in [1.82, 2.24) is 15.1 Å². The predicted octanol–water partition coefficient (Wildman–Crippen LogP) is 1.75. The van der Waals surface area contributed by atoms with Crippen LogP contribution in [-0.2, 0) is 4.79 Å². The van der Waals surface area contributed by atoms with Crippen molar-refractivity contribution in [3.05, 3.63) is 35.9 Å². The topological polar surface area (TPSA) is 52.7 Å². The SMILES string of the molecule is CCC(CC)NC(=O)CN1CCN(C(=O)c2ccccc2)CC1. The lowest BCUT2D eigenvalue weighted by Gasteiger charge is -2.34. The zero-order chi connectivity index (χ0) is 16.7. The maximum Gasteiger partial charge on any atom is 0.253 e. The van der Waals surface area contributed by atoms with Gasteiger partial charge in [0.05, 0.1) is 6.54 Å². The molecule has 1 aromatic carbocycles. The van der Waals surface area contributed by atoms with Crippen LogP contribution in [0.3, 0.4) is 0 Å². The summed E-state index contributed by atoms with van der Waals surface area (Å²) in [6.07, 6.45) is 1.92. The Morgan fingerprint density at radius 1 is 1.04 bits per heavy atom. The number of benzene rings is 1. The van der Waals surface area contributed by atoms with Gasteiger partial charge >= 0.3 is 0 Å². The third kappa shape index (κ3) is 5.06. The van der Waals surface area contributed by atoms with Crippen molar-refractivity contribution in [2.75, 3.05) is 32.7 Å². The van der Waals surface area contributed by atoms with Crippen molar-refractivity contribution < 1.29 is 9.59 Å². The van der Waals surface area contributed by atoms with E-state index in [-0.39, 0.29) is 17.9 Å². The van der Waals surface area contributed by atoms with Gasteiger partial charge in [-0.2, -0.15) is 0 Å². The summed E-state index contributed by atoms with van der Waals surface area (Å²) < 4.78 is 0. The van der Waals surface area contributed by atoms with Gasteiger partial charge in [0.2, 0.25) is 5.91 Å². The van der Waals surface area contributed by atoms with Crippen LogP contribution >= 0.6 is 0 Å². The molecule has 1 N–H and O–H groups in total.